The van der Waals surface area contributed by atoms with Crippen LogP contribution in [0.1, 0.15) is 10.5 Å². The van der Waals surface area contributed by atoms with E-state index < -0.39 is 0 Å². The molecule has 0 atom stereocenters. The fraction of sp³-hybridized carbons (Fsp3) is 0. The summed E-state index contributed by atoms with van der Waals surface area (Å²) in [5.41, 5.74) is 1.63. The fourth-order valence-electron chi connectivity index (χ4n) is 2.34. The minimum absolute atomic E-state index is 0.251. The van der Waals surface area contributed by atoms with Crippen molar-refractivity contribution < 1.29 is 9.21 Å². The third-order valence-corrected chi connectivity index (χ3v) is 4.34. The van der Waals surface area contributed by atoms with Gasteiger partial charge in [-0.2, -0.15) is 5.10 Å². The Balaban J connectivity index is 1.77. The summed E-state index contributed by atoms with van der Waals surface area (Å²) < 4.78 is 7.10. The highest BCUT2D eigenvalue weighted by Gasteiger charge is 2.19. The maximum atomic E-state index is 12.5. The fourth-order valence-corrected chi connectivity index (χ4v) is 3.05. The lowest BCUT2D eigenvalue weighted by Crippen LogP contribution is -2.12. The lowest BCUT2D eigenvalue weighted by atomic mass is 10.2. The predicted octanol–water partition coefficient (Wildman–Crippen LogP) is 4.49. The van der Waals surface area contributed by atoms with Gasteiger partial charge in [-0.3, -0.25) is 10.1 Å². The largest absolute Gasteiger partial charge is 0.463 e. The van der Waals surface area contributed by atoms with Crippen molar-refractivity contribution in [2.75, 3.05) is 5.32 Å². The number of halogens is 1. The Bertz CT molecular complexity index is 1010. The molecule has 4 rings (SSSR count). The van der Waals surface area contributed by atoms with Gasteiger partial charge in [0.05, 0.1) is 12.0 Å². The molecule has 3 aromatic heterocycles. The van der Waals surface area contributed by atoms with Crippen LogP contribution in [0.4, 0.5) is 5.13 Å². The molecule has 0 saturated heterocycles. The lowest BCUT2D eigenvalue weighted by Gasteiger charge is -2.05. The number of rotatable bonds is 4. The Kier molecular flexibility index (Phi) is 4.09. The Morgan fingerprint density at radius 1 is 1.24 bits per heavy atom. The lowest BCUT2D eigenvalue weighted by molar-refractivity contribution is 0.102. The quantitative estimate of drug-likeness (QED) is 0.574. The molecular formula is C17H11ClN4O2S. The standard InChI is InChI=1S/C17H11ClN4O2S/c18-11-3-1-4-12(9-11)22-14(15-5-2-7-24-15)10-13(21-22)16(23)20-17-19-6-8-25-17/h1-10H,(H,19,20,23). The molecule has 0 saturated carbocycles. The number of furan rings is 1. The molecule has 124 valence electrons. The second kappa shape index (κ2) is 6.54. The van der Waals surface area contributed by atoms with E-state index in [-0.39, 0.29) is 11.6 Å². The first-order valence-electron chi connectivity index (χ1n) is 7.31. The van der Waals surface area contributed by atoms with Gasteiger partial charge >= 0.3 is 0 Å². The zero-order valence-corrected chi connectivity index (χ0v) is 14.3. The monoisotopic (exact) mass is 370 g/mol. The number of nitrogens with zero attached hydrogens (tertiary/aromatic N) is 3. The van der Waals surface area contributed by atoms with E-state index in [2.05, 4.69) is 15.4 Å². The van der Waals surface area contributed by atoms with Crippen molar-refractivity contribution in [2.45, 2.75) is 0 Å². The summed E-state index contributed by atoms with van der Waals surface area (Å²) in [4.78, 5) is 16.5. The normalized spacial score (nSPS) is 10.8. The summed E-state index contributed by atoms with van der Waals surface area (Å²) in [5.74, 6) is 0.254. The molecule has 0 bridgehead atoms. The van der Waals surface area contributed by atoms with Gasteiger partial charge in [0.25, 0.3) is 5.91 Å². The van der Waals surface area contributed by atoms with Crippen LogP contribution in [-0.2, 0) is 0 Å². The SMILES string of the molecule is O=C(Nc1nccs1)c1cc(-c2ccco2)n(-c2cccc(Cl)c2)n1. The van der Waals surface area contributed by atoms with Crippen LogP contribution in [-0.4, -0.2) is 20.7 Å². The van der Waals surface area contributed by atoms with E-state index in [0.29, 0.717) is 21.6 Å². The third kappa shape index (κ3) is 3.19. The van der Waals surface area contributed by atoms with Crippen LogP contribution < -0.4 is 5.32 Å². The number of carbonyl (C=O) groups is 1. The molecule has 25 heavy (non-hydrogen) atoms. The van der Waals surface area contributed by atoms with E-state index >= 15 is 0 Å². The molecule has 0 radical (unpaired) electrons. The zero-order valence-electron chi connectivity index (χ0n) is 12.7. The molecule has 8 heteroatoms. The number of anilines is 1. The van der Waals surface area contributed by atoms with Crippen molar-refractivity contribution in [3.8, 4) is 17.1 Å². The molecule has 1 N–H and O–H groups in total. The van der Waals surface area contributed by atoms with Crippen molar-refractivity contribution in [1.29, 1.82) is 0 Å². The van der Waals surface area contributed by atoms with Crippen LogP contribution in [0.15, 0.2) is 64.7 Å². The van der Waals surface area contributed by atoms with E-state index in [4.69, 9.17) is 16.0 Å². The molecule has 0 aliphatic carbocycles. The average Bonchev–Trinajstić information content (AvgIpc) is 3.35. The molecule has 3 heterocycles. The summed E-state index contributed by atoms with van der Waals surface area (Å²) in [7, 11) is 0. The molecule has 1 amide bonds. The topological polar surface area (TPSA) is 73.0 Å². The van der Waals surface area contributed by atoms with Gasteiger partial charge in [-0.05, 0) is 30.3 Å². The summed E-state index contributed by atoms with van der Waals surface area (Å²) in [6.45, 7) is 0. The maximum Gasteiger partial charge on any atom is 0.277 e. The highest BCUT2D eigenvalue weighted by atomic mass is 35.5. The van der Waals surface area contributed by atoms with Gasteiger partial charge in [0.2, 0.25) is 0 Å². The number of benzene rings is 1. The van der Waals surface area contributed by atoms with Crippen molar-refractivity contribution in [3.05, 3.63) is 71.0 Å². The highest BCUT2D eigenvalue weighted by molar-refractivity contribution is 7.13. The first-order valence-corrected chi connectivity index (χ1v) is 8.57. The van der Waals surface area contributed by atoms with Crippen molar-refractivity contribution in [3.63, 3.8) is 0 Å². The van der Waals surface area contributed by atoms with Crippen molar-refractivity contribution >= 4 is 34.0 Å². The van der Waals surface area contributed by atoms with Gasteiger partial charge in [0, 0.05) is 22.7 Å². The summed E-state index contributed by atoms with van der Waals surface area (Å²) in [6, 6.07) is 12.5. The predicted molar refractivity (Wildman–Crippen MR) is 96.3 cm³/mol. The van der Waals surface area contributed by atoms with Crippen LogP contribution in [0.2, 0.25) is 5.02 Å². The second-order valence-corrected chi connectivity index (χ2v) is 6.41. The molecule has 0 aliphatic rings. The first-order chi connectivity index (χ1) is 12.2. The zero-order chi connectivity index (χ0) is 17.2. The maximum absolute atomic E-state index is 12.5. The van der Waals surface area contributed by atoms with Gasteiger partial charge in [0.15, 0.2) is 16.6 Å². The van der Waals surface area contributed by atoms with Gasteiger partial charge in [-0.25, -0.2) is 9.67 Å². The second-order valence-electron chi connectivity index (χ2n) is 5.08. The van der Waals surface area contributed by atoms with E-state index in [1.807, 2.05) is 12.1 Å². The van der Waals surface area contributed by atoms with Gasteiger partial charge in [-0.1, -0.05) is 17.7 Å². The van der Waals surface area contributed by atoms with E-state index in [9.17, 15) is 4.79 Å². The molecule has 0 spiro atoms. The van der Waals surface area contributed by atoms with E-state index in [1.54, 1.807) is 52.9 Å². The molecule has 0 aliphatic heterocycles. The van der Waals surface area contributed by atoms with Crippen LogP contribution >= 0.6 is 22.9 Å². The Labute approximate surface area is 151 Å². The molecule has 6 nitrogen and oxygen atoms in total. The van der Waals surface area contributed by atoms with Gasteiger partial charge < -0.3 is 4.42 Å². The minimum atomic E-state index is -0.344. The number of amides is 1. The smallest absolute Gasteiger partial charge is 0.277 e. The number of hydrogen-bond acceptors (Lipinski definition) is 5. The highest BCUT2D eigenvalue weighted by Crippen LogP contribution is 2.26. The Hall–Kier alpha value is -2.90. The van der Waals surface area contributed by atoms with Crippen molar-refractivity contribution in [1.82, 2.24) is 14.8 Å². The third-order valence-electron chi connectivity index (χ3n) is 3.42. The Morgan fingerprint density at radius 3 is 2.88 bits per heavy atom. The van der Waals surface area contributed by atoms with E-state index in [1.165, 1.54) is 11.3 Å². The average molecular weight is 371 g/mol. The molecular weight excluding hydrogens is 360 g/mol. The molecule has 4 aromatic rings. The molecule has 1 aromatic carbocycles. The number of nitrogens with one attached hydrogen (secondary N) is 1. The number of carbonyl (C=O) groups excluding carboxylic acids is 1. The van der Waals surface area contributed by atoms with E-state index in [0.717, 1.165) is 5.69 Å². The van der Waals surface area contributed by atoms with Crippen LogP contribution in [0.3, 0.4) is 0 Å². The van der Waals surface area contributed by atoms with Crippen LogP contribution in [0, 0.1) is 0 Å². The number of aromatic nitrogens is 3. The molecule has 0 fully saturated rings. The minimum Gasteiger partial charge on any atom is -0.463 e. The number of hydrogen-bond donors (Lipinski definition) is 1. The number of thiazole rings is 1. The van der Waals surface area contributed by atoms with Crippen LogP contribution in [0.25, 0.3) is 17.1 Å². The van der Waals surface area contributed by atoms with Gasteiger partial charge in [0.1, 0.15) is 5.69 Å². The summed E-state index contributed by atoms with van der Waals surface area (Å²) in [5, 5.41) is 10.0. The van der Waals surface area contributed by atoms with Gasteiger partial charge in [-0.15, -0.1) is 11.3 Å². The Morgan fingerprint density at radius 2 is 2.16 bits per heavy atom. The van der Waals surface area contributed by atoms with Crippen molar-refractivity contribution in [2.24, 2.45) is 0 Å². The summed E-state index contributed by atoms with van der Waals surface area (Å²) in [6.07, 6.45) is 3.19. The molecule has 0 unspecified atom stereocenters. The van der Waals surface area contributed by atoms with Crippen LogP contribution in [0.5, 0.6) is 0 Å². The summed E-state index contributed by atoms with van der Waals surface area (Å²) >= 11 is 7.42. The first kappa shape index (κ1) is 15.6.